The van der Waals surface area contributed by atoms with Crippen molar-refractivity contribution in [2.45, 2.75) is 38.5 Å². The third kappa shape index (κ3) is 3.64. The maximum absolute atomic E-state index is 10.1. The van der Waals surface area contributed by atoms with Crippen molar-refractivity contribution in [1.29, 1.82) is 0 Å². The molecule has 0 amide bonds. The van der Waals surface area contributed by atoms with Crippen molar-refractivity contribution in [3.63, 3.8) is 0 Å². The SMILES string of the molecule is Cc1ccc2c(c1)C(NCC(O)Cn1ccnn1)CCCO2. The second-order valence-corrected chi connectivity index (χ2v) is 5.77. The average molecular weight is 302 g/mol. The van der Waals surface area contributed by atoms with Crippen LogP contribution in [0.3, 0.4) is 0 Å². The molecule has 0 radical (unpaired) electrons. The van der Waals surface area contributed by atoms with Crippen molar-refractivity contribution in [2.75, 3.05) is 13.2 Å². The van der Waals surface area contributed by atoms with Crippen LogP contribution in [0.2, 0.25) is 0 Å². The number of hydrogen-bond donors (Lipinski definition) is 2. The van der Waals surface area contributed by atoms with Gasteiger partial charge in [-0.05, 0) is 25.8 Å². The first-order chi connectivity index (χ1) is 10.7. The summed E-state index contributed by atoms with van der Waals surface area (Å²) in [5.41, 5.74) is 2.41. The molecule has 0 spiro atoms. The molecular formula is C16H22N4O2. The zero-order valence-corrected chi connectivity index (χ0v) is 12.8. The Labute approximate surface area is 130 Å². The summed E-state index contributed by atoms with van der Waals surface area (Å²) in [7, 11) is 0. The number of hydrogen-bond acceptors (Lipinski definition) is 5. The number of benzene rings is 1. The number of nitrogens with one attached hydrogen (secondary N) is 1. The van der Waals surface area contributed by atoms with Crippen LogP contribution in [-0.4, -0.2) is 39.4 Å². The van der Waals surface area contributed by atoms with E-state index in [1.54, 1.807) is 17.1 Å². The summed E-state index contributed by atoms with van der Waals surface area (Å²) in [4.78, 5) is 0. The molecule has 1 aliphatic rings. The van der Waals surface area contributed by atoms with Gasteiger partial charge in [-0.25, -0.2) is 4.68 Å². The second-order valence-electron chi connectivity index (χ2n) is 5.77. The lowest BCUT2D eigenvalue weighted by atomic mass is 10.00. The van der Waals surface area contributed by atoms with E-state index in [0.29, 0.717) is 13.1 Å². The molecule has 3 rings (SSSR count). The van der Waals surface area contributed by atoms with E-state index in [4.69, 9.17) is 4.74 Å². The van der Waals surface area contributed by atoms with E-state index in [0.717, 1.165) is 25.2 Å². The second kappa shape index (κ2) is 6.89. The Bertz CT molecular complexity index is 600. The van der Waals surface area contributed by atoms with E-state index < -0.39 is 6.10 Å². The highest BCUT2D eigenvalue weighted by Gasteiger charge is 2.20. The Balaban J connectivity index is 1.63. The highest BCUT2D eigenvalue weighted by atomic mass is 16.5. The van der Waals surface area contributed by atoms with Crippen molar-refractivity contribution in [3.05, 3.63) is 41.7 Å². The van der Waals surface area contributed by atoms with Gasteiger partial charge in [0.05, 0.1) is 25.5 Å². The number of nitrogens with zero attached hydrogens (tertiary/aromatic N) is 3. The van der Waals surface area contributed by atoms with Crippen molar-refractivity contribution in [3.8, 4) is 5.75 Å². The van der Waals surface area contributed by atoms with Gasteiger partial charge in [0.1, 0.15) is 5.75 Å². The van der Waals surface area contributed by atoms with E-state index in [2.05, 4.69) is 34.7 Å². The van der Waals surface area contributed by atoms with E-state index in [-0.39, 0.29) is 6.04 Å². The van der Waals surface area contributed by atoms with Gasteiger partial charge in [-0.15, -0.1) is 5.10 Å². The average Bonchev–Trinajstić information content (AvgIpc) is 2.92. The Morgan fingerprint density at radius 3 is 3.23 bits per heavy atom. The monoisotopic (exact) mass is 302 g/mol. The minimum Gasteiger partial charge on any atom is -0.493 e. The third-order valence-electron chi connectivity index (χ3n) is 3.91. The topological polar surface area (TPSA) is 72.2 Å². The Morgan fingerprint density at radius 2 is 2.41 bits per heavy atom. The molecule has 118 valence electrons. The number of aliphatic hydroxyl groups is 1. The summed E-state index contributed by atoms with van der Waals surface area (Å²) < 4.78 is 7.44. The number of aryl methyl sites for hydroxylation is 1. The molecule has 22 heavy (non-hydrogen) atoms. The minimum absolute atomic E-state index is 0.211. The number of aliphatic hydroxyl groups excluding tert-OH is 1. The number of ether oxygens (including phenoxy) is 1. The summed E-state index contributed by atoms with van der Waals surface area (Å²) in [5.74, 6) is 0.950. The molecule has 1 aliphatic heterocycles. The summed E-state index contributed by atoms with van der Waals surface area (Å²) >= 11 is 0. The number of rotatable bonds is 5. The van der Waals surface area contributed by atoms with Gasteiger partial charge in [0.2, 0.25) is 0 Å². The summed E-state index contributed by atoms with van der Waals surface area (Å²) in [6.07, 6.45) is 4.87. The van der Waals surface area contributed by atoms with Gasteiger partial charge in [0.15, 0.2) is 0 Å². The predicted octanol–water partition coefficient (Wildman–Crippen LogP) is 1.45. The lowest BCUT2D eigenvalue weighted by Crippen LogP contribution is -2.33. The fourth-order valence-electron chi connectivity index (χ4n) is 2.80. The molecule has 6 heteroatoms. The van der Waals surface area contributed by atoms with Crippen molar-refractivity contribution in [2.24, 2.45) is 0 Å². The fourth-order valence-corrected chi connectivity index (χ4v) is 2.80. The van der Waals surface area contributed by atoms with Crippen LogP contribution in [0.15, 0.2) is 30.6 Å². The zero-order valence-electron chi connectivity index (χ0n) is 12.8. The van der Waals surface area contributed by atoms with Gasteiger partial charge < -0.3 is 15.2 Å². The van der Waals surface area contributed by atoms with Gasteiger partial charge in [-0.1, -0.05) is 22.9 Å². The molecule has 0 saturated carbocycles. The van der Waals surface area contributed by atoms with Crippen LogP contribution in [0.1, 0.15) is 30.0 Å². The summed E-state index contributed by atoms with van der Waals surface area (Å²) in [6.45, 7) is 3.78. The van der Waals surface area contributed by atoms with E-state index in [9.17, 15) is 5.11 Å². The first kappa shape index (κ1) is 15.0. The van der Waals surface area contributed by atoms with Crippen LogP contribution in [0.5, 0.6) is 5.75 Å². The largest absolute Gasteiger partial charge is 0.493 e. The van der Waals surface area contributed by atoms with Crippen LogP contribution in [0.4, 0.5) is 0 Å². The quantitative estimate of drug-likeness (QED) is 0.874. The molecule has 2 aromatic rings. The van der Waals surface area contributed by atoms with Crippen molar-refractivity contribution < 1.29 is 9.84 Å². The maximum Gasteiger partial charge on any atom is 0.124 e. The van der Waals surface area contributed by atoms with Crippen LogP contribution < -0.4 is 10.1 Å². The number of aromatic nitrogens is 3. The standard InChI is InChI=1S/C16H22N4O2/c1-12-4-5-16-14(9-12)15(3-2-8-22-16)17-10-13(21)11-20-7-6-18-19-20/h4-7,9,13,15,17,21H,2-3,8,10-11H2,1H3. The van der Waals surface area contributed by atoms with Crippen LogP contribution in [0.25, 0.3) is 0 Å². The Morgan fingerprint density at radius 1 is 1.50 bits per heavy atom. The van der Waals surface area contributed by atoms with Crippen molar-refractivity contribution >= 4 is 0 Å². The predicted molar refractivity (Wildman–Crippen MR) is 82.7 cm³/mol. The number of fused-ring (bicyclic) bond motifs is 1. The normalized spacial score (nSPS) is 19.1. The zero-order chi connectivity index (χ0) is 15.4. The Kier molecular flexibility index (Phi) is 4.70. The van der Waals surface area contributed by atoms with Gasteiger partial charge in [0, 0.05) is 24.3 Å². The van der Waals surface area contributed by atoms with Gasteiger partial charge in [-0.3, -0.25) is 0 Å². The van der Waals surface area contributed by atoms with E-state index in [1.807, 2.05) is 6.07 Å². The molecule has 6 nitrogen and oxygen atoms in total. The molecule has 0 saturated heterocycles. The van der Waals surface area contributed by atoms with Crippen LogP contribution >= 0.6 is 0 Å². The summed E-state index contributed by atoms with van der Waals surface area (Å²) in [6, 6.07) is 6.49. The molecule has 1 aromatic carbocycles. The summed E-state index contributed by atoms with van der Waals surface area (Å²) in [5, 5.41) is 21.2. The molecule has 2 unspecified atom stereocenters. The van der Waals surface area contributed by atoms with Crippen LogP contribution in [-0.2, 0) is 6.54 Å². The van der Waals surface area contributed by atoms with Crippen LogP contribution in [0, 0.1) is 6.92 Å². The third-order valence-corrected chi connectivity index (χ3v) is 3.91. The first-order valence-corrected chi connectivity index (χ1v) is 7.71. The molecule has 0 bridgehead atoms. The molecule has 1 aromatic heterocycles. The Hall–Kier alpha value is -1.92. The molecular weight excluding hydrogens is 280 g/mol. The van der Waals surface area contributed by atoms with E-state index >= 15 is 0 Å². The molecule has 0 aliphatic carbocycles. The smallest absolute Gasteiger partial charge is 0.124 e. The molecule has 0 fully saturated rings. The lowest BCUT2D eigenvalue weighted by molar-refractivity contribution is 0.141. The highest BCUT2D eigenvalue weighted by molar-refractivity contribution is 5.39. The van der Waals surface area contributed by atoms with Gasteiger partial charge in [0.25, 0.3) is 0 Å². The minimum atomic E-state index is -0.501. The maximum atomic E-state index is 10.1. The highest BCUT2D eigenvalue weighted by Crippen LogP contribution is 2.32. The first-order valence-electron chi connectivity index (χ1n) is 7.71. The van der Waals surface area contributed by atoms with E-state index in [1.165, 1.54) is 11.1 Å². The fraction of sp³-hybridized carbons (Fsp3) is 0.500. The van der Waals surface area contributed by atoms with Crippen molar-refractivity contribution in [1.82, 2.24) is 20.3 Å². The van der Waals surface area contributed by atoms with Gasteiger partial charge >= 0.3 is 0 Å². The molecule has 2 atom stereocenters. The lowest BCUT2D eigenvalue weighted by Gasteiger charge is -2.21. The van der Waals surface area contributed by atoms with Gasteiger partial charge in [-0.2, -0.15) is 0 Å². The molecule has 2 heterocycles. The molecule has 2 N–H and O–H groups in total.